The third-order valence-corrected chi connectivity index (χ3v) is 9.09. The number of ether oxygens (including phenoxy) is 1. The number of hydrogen-bond donors (Lipinski definition) is 3. The van der Waals surface area contributed by atoms with E-state index in [0.29, 0.717) is 25.7 Å². The summed E-state index contributed by atoms with van der Waals surface area (Å²) in [6.45, 7) is 5.38. The summed E-state index contributed by atoms with van der Waals surface area (Å²) in [5.41, 5.74) is -1.17. The average Bonchev–Trinajstić information content (AvgIpc) is 2.97. The van der Waals surface area contributed by atoms with E-state index in [1.807, 2.05) is 0 Å². The molecule has 1 fully saturated rings. The summed E-state index contributed by atoms with van der Waals surface area (Å²) in [6, 6.07) is 10.3. The minimum absolute atomic E-state index is 0.0299. The van der Waals surface area contributed by atoms with Gasteiger partial charge in [0.2, 0.25) is 5.95 Å². The average molecular weight is 677 g/mol. The van der Waals surface area contributed by atoms with Crippen LogP contribution in [0.2, 0.25) is 5.02 Å². The Labute approximate surface area is 269 Å². The fourth-order valence-corrected chi connectivity index (χ4v) is 6.68. The molecule has 15 heteroatoms. The van der Waals surface area contributed by atoms with Gasteiger partial charge in [0.1, 0.15) is 27.3 Å². The van der Waals surface area contributed by atoms with Crippen LogP contribution in [0.3, 0.4) is 0 Å². The molecule has 46 heavy (non-hydrogen) atoms. The molecule has 0 bridgehead atoms. The predicted octanol–water partition coefficient (Wildman–Crippen LogP) is 7.47. The number of pyridine rings is 1. The van der Waals surface area contributed by atoms with Crippen LogP contribution in [0.1, 0.15) is 58.4 Å². The number of nitrogens with zero attached hydrogens (tertiary/aromatic N) is 3. The topological polar surface area (TPSA) is 135 Å². The van der Waals surface area contributed by atoms with Crippen LogP contribution in [0.15, 0.2) is 59.6 Å². The smallest absolute Gasteiger partial charge is 0.407 e. The second kappa shape index (κ2) is 13.3. The lowest BCUT2D eigenvalue weighted by Crippen LogP contribution is -2.42. The molecular formula is C31H32ClF3N6O4S. The first-order valence-electron chi connectivity index (χ1n) is 14.5. The molecule has 3 N–H and O–H groups in total. The van der Waals surface area contributed by atoms with E-state index in [0.717, 1.165) is 12.1 Å². The van der Waals surface area contributed by atoms with Crippen molar-refractivity contribution in [3.8, 4) is 11.3 Å². The first-order valence-corrected chi connectivity index (χ1v) is 16.3. The molecule has 4 aromatic rings. The van der Waals surface area contributed by atoms with Gasteiger partial charge in [0, 0.05) is 23.2 Å². The highest BCUT2D eigenvalue weighted by Gasteiger charge is 2.26. The summed E-state index contributed by atoms with van der Waals surface area (Å²) in [6.07, 6.45) is 0.687. The summed E-state index contributed by atoms with van der Waals surface area (Å²) in [5.74, 6) is -0.783. The molecule has 5 rings (SSSR count). The Morgan fingerprint density at radius 1 is 1.02 bits per heavy atom. The van der Waals surface area contributed by atoms with Gasteiger partial charge in [-0.05, 0) is 76.8 Å². The van der Waals surface area contributed by atoms with Crippen LogP contribution < -0.4 is 15.4 Å². The number of amides is 1. The van der Waals surface area contributed by atoms with Gasteiger partial charge in [0.05, 0.1) is 22.6 Å². The number of carbonyl (C=O) groups is 1. The maximum absolute atomic E-state index is 15.1. The molecule has 2 aromatic carbocycles. The first kappa shape index (κ1) is 33.2. The van der Waals surface area contributed by atoms with Crippen molar-refractivity contribution in [1.29, 1.82) is 0 Å². The second-order valence-electron chi connectivity index (χ2n) is 11.9. The highest BCUT2D eigenvalue weighted by Crippen LogP contribution is 2.33. The number of fused-ring (bicyclic) bond motifs is 1. The number of rotatable bonds is 8. The van der Waals surface area contributed by atoms with Gasteiger partial charge in [0.25, 0.3) is 16.4 Å². The van der Waals surface area contributed by atoms with Crippen molar-refractivity contribution in [2.75, 3.05) is 10.0 Å². The number of aromatic nitrogens is 3. The standard InChI is InChI=1S/C31H32ClF3N6O4S/c1-31(2,3)45-30(42)38-19-11-9-18(10-12-19)37-29-36-16-25-27(40-29)20(28(34)35)15-24(39-25)17-8-13-23(22(33)14-17)41-46(43,44)26-7-5-4-6-21(26)32/h4-8,13-16,18-19,28,41H,9-12H2,1-3H3,(H,38,42)(H,36,37,40). The van der Waals surface area contributed by atoms with Crippen LogP contribution in [-0.4, -0.2) is 47.1 Å². The number of alkyl halides is 2. The molecule has 0 spiro atoms. The molecule has 2 aromatic heterocycles. The zero-order valence-electron chi connectivity index (χ0n) is 25.2. The van der Waals surface area contributed by atoms with Gasteiger partial charge in [-0.1, -0.05) is 29.8 Å². The van der Waals surface area contributed by atoms with E-state index < -0.39 is 39.5 Å². The summed E-state index contributed by atoms with van der Waals surface area (Å²) in [5, 5.41) is 6.03. The maximum Gasteiger partial charge on any atom is 0.407 e. The molecule has 0 saturated heterocycles. The van der Waals surface area contributed by atoms with Gasteiger partial charge in [0.15, 0.2) is 0 Å². The highest BCUT2D eigenvalue weighted by molar-refractivity contribution is 7.92. The fourth-order valence-electron chi connectivity index (χ4n) is 5.09. The van der Waals surface area contributed by atoms with E-state index in [-0.39, 0.29) is 55.9 Å². The van der Waals surface area contributed by atoms with Crippen LogP contribution in [0.5, 0.6) is 0 Å². The number of anilines is 2. The Morgan fingerprint density at radius 3 is 2.37 bits per heavy atom. The number of alkyl carbamates (subject to hydrolysis) is 1. The normalized spacial score (nSPS) is 17.1. The van der Waals surface area contributed by atoms with Crippen LogP contribution in [0, 0.1) is 5.82 Å². The molecule has 1 aliphatic rings. The Bertz CT molecular complexity index is 1870. The van der Waals surface area contributed by atoms with Gasteiger partial charge in [-0.25, -0.2) is 41.3 Å². The molecule has 1 saturated carbocycles. The quantitative estimate of drug-likeness (QED) is 0.175. The molecule has 2 heterocycles. The molecule has 1 aliphatic carbocycles. The van der Waals surface area contributed by atoms with E-state index in [9.17, 15) is 22.0 Å². The maximum atomic E-state index is 15.1. The Balaban J connectivity index is 1.31. The summed E-state index contributed by atoms with van der Waals surface area (Å²) in [4.78, 5) is 24.8. The highest BCUT2D eigenvalue weighted by atomic mass is 35.5. The molecular weight excluding hydrogens is 645 g/mol. The van der Waals surface area contributed by atoms with E-state index in [1.54, 1.807) is 26.8 Å². The molecule has 0 unspecified atom stereocenters. The molecule has 0 aliphatic heterocycles. The van der Waals surface area contributed by atoms with Gasteiger partial charge >= 0.3 is 6.09 Å². The molecule has 0 atom stereocenters. The summed E-state index contributed by atoms with van der Waals surface area (Å²) < 4.78 is 76.5. The van der Waals surface area contributed by atoms with Crippen molar-refractivity contribution in [2.45, 2.75) is 75.5 Å². The number of halogens is 4. The number of hydrogen-bond acceptors (Lipinski definition) is 8. The third kappa shape index (κ3) is 7.97. The molecule has 244 valence electrons. The molecule has 1 amide bonds. The van der Waals surface area contributed by atoms with Gasteiger partial charge in [-0.15, -0.1) is 0 Å². The van der Waals surface area contributed by atoms with Crippen LogP contribution in [-0.2, 0) is 14.8 Å². The number of carbonyl (C=O) groups excluding carboxylic acids is 1. The largest absolute Gasteiger partial charge is 0.444 e. The Hall–Kier alpha value is -4.17. The van der Waals surface area contributed by atoms with Gasteiger partial charge in [-0.2, -0.15) is 0 Å². The van der Waals surface area contributed by atoms with E-state index >= 15 is 4.39 Å². The second-order valence-corrected chi connectivity index (χ2v) is 14.0. The van der Waals surface area contributed by atoms with Crippen LogP contribution in [0.4, 0.5) is 29.6 Å². The lowest BCUT2D eigenvalue weighted by atomic mass is 9.91. The van der Waals surface area contributed by atoms with E-state index in [2.05, 4.69) is 30.3 Å². The number of benzene rings is 2. The van der Waals surface area contributed by atoms with E-state index in [1.165, 1.54) is 36.5 Å². The van der Waals surface area contributed by atoms with Crippen molar-refractivity contribution in [2.24, 2.45) is 0 Å². The monoisotopic (exact) mass is 676 g/mol. The molecule has 0 radical (unpaired) electrons. The molecule has 10 nitrogen and oxygen atoms in total. The van der Waals surface area contributed by atoms with Crippen LogP contribution in [0.25, 0.3) is 22.3 Å². The Morgan fingerprint density at radius 2 is 1.72 bits per heavy atom. The Kier molecular flexibility index (Phi) is 9.59. The lowest BCUT2D eigenvalue weighted by Gasteiger charge is -2.30. The van der Waals surface area contributed by atoms with Crippen molar-refractivity contribution in [1.82, 2.24) is 20.3 Å². The predicted molar refractivity (Wildman–Crippen MR) is 169 cm³/mol. The number of nitrogens with one attached hydrogen (secondary N) is 3. The van der Waals surface area contributed by atoms with E-state index in [4.69, 9.17) is 16.3 Å². The lowest BCUT2D eigenvalue weighted by molar-refractivity contribution is 0.0492. The van der Waals surface area contributed by atoms with Crippen LogP contribution >= 0.6 is 11.6 Å². The van der Waals surface area contributed by atoms with Crippen molar-refractivity contribution in [3.05, 3.63) is 71.1 Å². The van der Waals surface area contributed by atoms with Crippen molar-refractivity contribution < 1.29 is 31.1 Å². The summed E-state index contributed by atoms with van der Waals surface area (Å²) in [7, 11) is -4.20. The minimum atomic E-state index is -4.20. The zero-order valence-corrected chi connectivity index (χ0v) is 26.7. The zero-order chi connectivity index (χ0) is 33.2. The first-order chi connectivity index (χ1) is 21.7. The third-order valence-electron chi connectivity index (χ3n) is 7.23. The minimum Gasteiger partial charge on any atom is -0.444 e. The van der Waals surface area contributed by atoms with Gasteiger partial charge < -0.3 is 15.4 Å². The SMILES string of the molecule is CC(C)(C)OC(=O)NC1CCC(Nc2ncc3nc(-c4ccc(NS(=O)(=O)c5ccccc5Cl)c(F)c4)cc(C(F)F)c3n2)CC1. The summed E-state index contributed by atoms with van der Waals surface area (Å²) >= 11 is 5.99. The number of sulfonamides is 1. The van der Waals surface area contributed by atoms with Crippen molar-refractivity contribution >= 4 is 50.4 Å². The van der Waals surface area contributed by atoms with Crippen molar-refractivity contribution in [3.63, 3.8) is 0 Å². The van der Waals surface area contributed by atoms with Gasteiger partial charge in [-0.3, -0.25) is 4.72 Å². The fraction of sp³-hybridized carbons (Fsp3) is 0.355.